The van der Waals surface area contributed by atoms with Gasteiger partial charge in [-0.15, -0.1) is 0 Å². The Morgan fingerprint density at radius 2 is 1.96 bits per heavy atom. The molecule has 1 saturated heterocycles. The van der Waals surface area contributed by atoms with E-state index in [9.17, 15) is 13.2 Å². The molecule has 0 aliphatic carbocycles. The van der Waals surface area contributed by atoms with Crippen LogP contribution in [0.3, 0.4) is 0 Å². The largest absolute Gasteiger partial charge is 0.474 e. The maximum Gasteiger partial charge on any atom is 0.419 e. The van der Waals surface area contributed by atoms with Crippen molar-refractivity contribution in [2.45, 2.75) is 30.8 Å². The van der Waals surface area contributed by atoms with Gasteiger partial charge in [-0.2, -0.15) is 9.29 Å². The molecule has 0 bridgehead atoms. The van der Waals surface area contributed by atoms with Crippen molar-refractivity contribution in [2.75, 3.05) is 13.1 Å². The summed E-state index contributed by atoms with van der Waals surface area (Å²) in [6, 6.07) is 6.14. The number of piperidine rings is 1. The lowest BCUT2D eigenvalue weighted by Gasteiger charge is -2.31. The van der Waals surface area contributed by atoms with Crippen LogP contribution in [0.25, 0.3) is 11.1 Å². The van der Waals surface area contributed by atoms with Crippen LogP contribution in [0, 0.1) is 6.92 Å². The number of benzene rings is 1. The zero-order chi connectivity index (χ0) is 19.9. The van der Waals surface area contributed by atoms with Gasteiger partial charge in [0.1, 0.15) is 11.9 Å². The number of fused-ring (bicyclic) bond motifs is 1. The third-order valence-corrected chi connectivity index (χ3v) is 6.73. The molecule has 28 heavy (non-hydrogen) atoms. The van der Waals surface area contributed by atoms with Crippen molar-refractivity contribution in [1.29, 1.82) is 0 Å². The van der Waals surface area contributed by atoms with Crippen molar-refractivity contribution in [3.05, 3.63) is 46.8 Å². The summed E-state index contributed by atoms with van der Waals surface area (Å²) in [5.74, 6) is 0.601. The third-order valence-electron chi connectivity index (χ3n) is 4.84. The number of nitrogens with zero attached hydrogens (tertiary/aromatic N) is 4. The average Bonchev–Trinajstić information content (AvgIpc) is 2.96. The Morgan fingerprint density at radius 3 is 2.68 bits per heavy atom. The second kappa shape index (κ2) is 7.02. The summed E-state index contributed by atoms with van der Waals surface area (Å²) in [6.45, 7) is 2.48. The first-order valence-electron chi connectivity index (χ1n) is 8.90. The number of oxazole rings is 1. The molecule has 1 aliphatic heterocycles. The summed E-state index contributed by atoms with van der Waals surface area (Å²) in [6.07, 6.45) is 2.66. The summed E-state index contributed by atoms with van der Waals surface area (Å²) < 4.78 is 39.7. The molecule has 0 radical (unpaired) electrons. The molecule has 1 aliphatic rings. The monoisotopic (exact) mass is 404 g/mol. The molecule has 9 nitrogen and oxygen atoms in total. The minimum Gasteiger partial charge on any atom is -0.474 e. The summed E-state index contributed by atoms with van der Waals surface area (Å²) in [4.78, 5) is 20.0. The maximum absolute atomic E-state index is 13.0. The van der Waals surface area contributed by atoms with E-state index >= 15 is 0 Å². The summed E-state index contributed by atoms with van der Waals surface area (Å²) >= 11 is 0. The first kappa shape index (κ1) is 18.6. The van der Waals surface area contributed by atoms with Gasteiger partial charge in [-0.25, -0.2) is 18.2 Å². The molecule has 0 N–H and O–H groups in total. The topological polar surface area (TPSA) is 108 Å². The molecule has 0 spiro atoms. The number of ether oxygens (including phenoxy) is 1. The molecule has 1 aromatic carbocycles. The van der Waals surface area contributed by atoms with Gasteiger partial charge < -0.3 is 9.15 Å². The predicted molar refractivity (Wildman–Crippen MR) is 101 cm³/mol. The van der Waals surface area contributed by atoms with Gasteiger partial charge in [0.25, 0.3) is 0 Å². The van der Waals surface area contributed by atoms with Crippen LogP contribution < -0.4 is 10.5 Å². The van der Waals surface area contributed by atoms with Gasteiger partial charge in [-0.1, -0.05) is 0 Å². The van der Waals surface area contributed by atoms with Gasteiger partial charge in [-0.3, -0.25) is 4.57 Å². The molecule has 148 valence electrons. The summed E-state index contributed by atoms with van der Waals surface area (Å²) in [5, 5.41) is 0. The van der Waals surface area contributed by atoms with E-state index < -0.39 is 15.8 Å². The van der Waals surface area contributed by atoms with E-state index in [0.29, 0.717) is 48.7 Å². The quantitative estimate of drug-likeness (QED) is 0.648. The highest BCUT2D eigenvalue weighted by atomic mass is 32.2. The molecule has 0 amide bonds. The van der Waals surface area contributed by atoms with Crippen LogP contribution in [0.1, 0.15) is 18.7 Å². The normalized spacial score (nSPS) is 16.5. The Morgan fingerprint density at radius 1 is 1.21 bits per heavy atom. The van der Waals surface area contributed by atoms with Crippen molar-refractivity contribution < 1.29 is 17.6 Å². The minimum absolute atomic E-state index is 0.0991. The van der Waals surface area contributed by atoms with Crippen molar-refractivity contribution in [1.82, 2.24) is 18.8 Å². The fourth-order valence-corrected chi connectivity index (χ4v) is 4.77. The summed E-state index contributed by atoms with van der Waals surface area (Å²) in [5.41, 5.74) is 0.808. The summed E-state index contributed by atoms with van der Waals surface area (Å²) in [7, 11) is -2.12. The Kier molecular flexibility index (Phi) is 4.68. The number of sulfonamides is 1. The second-order valence-corrected chi connectivity index (χ2v) is 8.66. The molecule has 1 fully saturated rings. The van der Waals surface area contributed by atoms with E-state index in [4.69, 9.17) is 9.15 Å². The molecule has 2 aromatic heterocycles. The number of rotatable bonds is 4. The first-order valence-corrected chi connectivity index (χ1v) is 10.3. The van der Waals surface area contributed by atoms with E-state index in [-0.39, 0.29) is 11.0 Å². The lowest BCUT2D eigenvalue weighted by atomic mass is 10.1. The van der Waals surface area contributed by atoms with Crippen LogP contribution in [0.15, 0.2) is 44.6 Å². The average molecular weight is 404 g/mol. The zero-order valence-electron chi connectivity index (χ0n) is 15.5. The highest BCUT2D eigenvalue weighted by Crippen LogP contribution is 2.25. The van der Waals surface area contributed by atoms with Gasteiger partial charge in [0.2, 0.25) is 15.9 Å². The van der Waals surface area contributed by atoms with Crippen molar-refractivity contribution in [3.8, 4) is 5.88 Å². The van der Waals surface area contributed by atoms with E-state index in [1.54, 1.807) is 26.2 Å². The van der Waals surface area contributed by atoms with Crippen LogP contribution in [0.5, 0.6) is 5.88 Å². The molecule has 0 unspecified atom stereocenters. The molecule has 0 atom stereocenters. The fraction of sp³-hybridized carbons (Fsp3) is 0.389. The van der Waals surface area contributed by atoms with Crippen LogP contribution >= 0.6 is 0 Å². The number of hydrogen-bond donors (Lipinski definition) is 0. The lowest BCUT2D eigenvalue weighted by Crippen LogP contribution is -2.41. The Labute approximate surface area is 161 Å². The molecular weight excluding hydrogens is 384 g/mol. The van der Waals surface area contributed by atoms with E-state index in [1.165, 1.54) is 27.1 Å². The van der Waals surface area contributed by atoms with Crippen LogP contribution in [-0.4, -0.2) is 46.5 Å². The molecule has 3 aromatic rings. The second-order valence-electron chi connectivity index (χ2n) is 6.72. The maximum atomic E-state index is 13.0. The molecule has 3 heterocycles. The Hall–Kier alpha value is -2.72. The Balaban J connectivity index is 1.49. The van der Waals surface area contributed by atoms with Gasteiger partial charge >= 0.3 is 5.76 Å². The van der Waals surface area contributed by atoms with E-state index in [1.807, 2.05) is 0 Å². The van der Waals surface area contributed by atoms with Gasteiger partial charge in [0.15, 0.2) is 5.58 Å². The Bertz CT molecular complexity index is 1180. The fourth-order valence-electron chi connectivity index (χ4n) is 3.28. The predicted octanol–water partition coefficient (Wildman–Crippen LogP) is 1.46. The van der Waals surface area contributed by atoms with Gasteiger partial charge in [-0.05, 0) is 38.0 Å². The van der Waals surface area contributed by atoms with Crippen molar-refractivity contribution in [2.24, 2.45) is 7.05 Å². The molecule has 0 saturated carbocycles. The number of aryl methyl sites for hydroxylation is 2. The lowest BCUT2D eigenvalue weighted by molar-refractivity contribution is 0.129. The van der Waals surface area contributed by atoms with Gasteiger partial charge in [0.05, 0.1) is 10.4 Å². The zero-order valence-corrected chi connectivity index (χ0v) is 16.3. The molecular formula is C18H20N4O5S. The number of aromatic nitrogens is 3. The third kappa shape index (κ3) is 3.40. The van der Waals surface area contributed by atoms with Crippen LogP contribution in [-0.2, 0) is 17.1 Å². The smallest absolute Gasteiger partial charge is 0.419 e. The van der Waals surface area contributed by atoms with E-state index in [0.717, 1.165) is 0 Å². The van der Waals surface area contributed by atoms with Crippen LogP contribution in [0.2, 0.25) is 0 Å². The molecule has 4 rings (SSSR count). The molecule has 10 heteroatoms. The number of hydrogen-bond acceptors (Lipinski definition) is 7. The first-order chi connectivity index (χ1) is 13.3. The van der Waals surface area contributed by atoms with Crippen molar-refractivity contribution in [3.63, 3.8) is 0 Å². The van der Waals surface area contributed by atoms with Crippen molar-refractivity contribution >= 4 is 21.1 Å². The van der Waals surface area contributed by atoms with E-state index in [2.05, 4.69) is 9.97 Å². The SMILES string of the molecule is Cc1nccc(OC2CCN(S(=O)(=O)c3ccc4oc(=O)n(C)c4c3)CC2)n1. The van der Waals surface area contributed by atoms with Gasteiger partial charge in [0, 0.05) is 32.4 Å². The highest BCUT2D eigenvalue weighted by Gasteiger charge is 2.31. The van der Waals surface area contributed by atoms with Crippen LogP contribution in [0.4, 0.5) is 0 Å². The standard InChI is InChI=1S/C18H20N4O5S/c1-12-19-8-5-17(20-12)26-13-6-9-22(10-7-13)28(24,25)14-3-4-16-15(11-14)21(2)18(23)27-16/h3-5,8,11,13H,6-7,9-10H2,1-2H3. The highest BCUT2D eigenvalue weighted by molar-refractivity contribution is 7.89. The minimum atomic E-state index is -3.67.